The van der Waals surface area contributed by atoms with Crippen molar-refractivity contribution in [3.05, 3.63) is 101 Å². The lowest BCUT2D eigenvalue weighted by molar-refractivity contribution is -0.142. The van der Waals surface area contributed by atoms with E-state index in [0.717, 1.165) is 39.9 Å². The summed E-state index contributed by atoms with van der Waals surface area (Å²) in [4.78, 5) is 12.6. The molecule has 6 heteroatoms. The van der Waals surface area contributed by atoms with E-state index in [2.05, 4.69) is 12.1 Å². The molecule has 3 aromatic rings. The summed E-state index contributed by atoms with van der Waals surface area (Å²) < 4.78 is 18.8. The van der Waals surface area contributed by atoms with Crippen molar-refractivity contribution in [1.82, 2.24) is 0 Å². The van der Waals surface area contributed by atoms with Crippen LogP contribution in [0.15, 0.2) is 77.7 Å². The average Bonchev–Trinajstić information content (AvgIpc) is 2.92. The molecular weight excluding hydrogens is 460 g/mol. The minimum atomic E-state index is -0.299. The SMILES string of the molecule is CSc1cc(CO)c(C2CC(OCc3ccccc3)CC(COCc3ccccc3)O2)cc1C=O. The lowest BCUT2D eigenvalue weighted by Gasteiger charge is -2.36. The molecule has 0 saturated carbocycles. The molecule has 3 atom stereocenters. The van der Waals surface area contributed by atoms with E-state index in [1.807, 2.05) is 66.9 Å². The fourth-order valence-corrected chi connectivity index (χ4v) is 5.05. The predicted molar refractivity (Wildman–Crippen MR) is 137 cm³/mol. The number of hydrogen-bond donors (Lipinski definition) is 1. The Morgan fingerprint density at radius 2 is 1.69 bits per heavy atom. The van der Waals surface area contributed by atoms with Gasteiger partial charge in [0.15, 0.2) is 6.29 Å². The third kappa shape index (κ3) is 7.03. The molecule has 1 saturated heterocycles. The molecule has 1 heterocycles. The molecule has 5 nitrogen and oxygen atoms in total. The predicted octanol–water partition coefficient (Wildman–Crippen LogP) is 5.74. The highest BCUT2D eigenvalue weighted by atomic mass is 32.2. The van der Waals surface area contributed by atoms with Crippen LogP contribution in [-0.2, 0) is 34.0 Å². The maximum Gasteiger partial charge on any atom is 0.151 e. The molecule has 184 valence electrons. The summed E-state index contributed by atoms with van der Waals surface area (Å²) in [7, 11) is 0. The van der Waals surface area contributed by atoms with Gasteiger partial charge >= 0.3 is 0 Å². The molecule has 1 aliphatic rings. The largest absolute Gasteiger partial charge is 0.392 e. The van der Waals surface area contributed by atoms with Crippen molar-refractivity contribution in [2.45, 2.75) is 55.9 Å². The Morgan fingerprint density at radius 1 is 1.00 bits per heavy atom. The maximum absolute atomic E-state index is 11.7. The van der Waals surface area contributed by atoms with Gasteiger partial charge in [-0.3, -0.25) is 4.79 Å². The first-order valence-corrected chi connectivity index (χ1v) is 13.1. The second-order valence-corrected chi connectivity index (χ2v) is 9.55. The summed E-state index contributed by atoms with van der Waals surface area (Å²) in [6.07, 6.45) is 3.65. The van der Waals surface area contributed by atoms with Crippen molar-refractivity contribution in [1.29, 1.82) is 0 Å². The fraction of sp³-hybridized carbons (Fsp3) is 0.345. The fourth-order valence-electron chi connectivity index (χ4n) is 4.45. The van der Waals surface area contributed by atoms with E-state index in [-0.39, 0.29) is 24.9 Å². The number of aliphatic hydroxyl groups excluding tert-OH is 1. The molecule has 3 aromatic carbocycles. The molecule has 1 fully saturated rings. The summed E-state index contributed by atoms with van der Waals surface area (Å²) in [5.41, 5.74) is 4.46. The minimum Gasteiger partial charge on any atom is -0.392 e. The summed E-state index contributed by atoms with van der Waals surface area (Å²) in [5, 5.41) is 10.1. The molecule has 1 aliphatic heterocycles. The first-order valence-electron chi connectivity index (χ1n) is 11.9. The van der Waals surface area contributed by atoms with Crippen LogP contribution in [0.5, 0.6) is 0 Å². The number of carbonyl (C=O) groups excluding carboxylic acids is 1. The zero-order valence-electron chi connectivity index (χ0n) is 20.0. The number of rotatable bonds is 11. The van der Waals surface area contributed by atoms with Crippen LogP contribution in [-0.4, -0.2) is 36.5 Å². The Kier molecular flexibility index (Phi) is 9.51. The highest BCUT2D eigenvalue weighted by Gasteiger charge is 2.33. The normalized spacial score (nSPS) is 20.0. The van der Waals surface area contributed by atoms with Crippen LogP contribution in [0.25, 0.3) is 0 Å². The molecule has 0 aliphatic carbocycles. The van der Waals surface area contributed by atoms with Gasteiger partial charge in [-0.1, -0.05) is 60.7 Å². The van der Waals surface area contributed by atoms with E-state index in [0.29, 0.717) is 31.8 Å². The van der Waals surface area contributed by atoms with Gasteiger partial charge in [0.25, 0.3) is 0 Å². The molecule has 3 unspecified atom stereocenters. The van der Waals surface area contributed by atoms with Crippen LogP contribution in [0.3, 0.4) is 0 Å². The highest BCUT2D eigenvalue weighted by Crippen LogP contribution is 2.37. The van der Waals surface area contributed by atoms with Gasteiger partial charge < -0.3 is 19.3 Å². The molecule has 0 amide bonds. The Hall–Kier alpha value is -2.48. The molecular formula is C29H32O5S. The summed E-state index contributed by atoms with van der Waals surface area (Å²) in [5.74, 6) is 0. The van der Waals surface area contributed by atoms with Crippen molar-refractivity contribution in [2.24, 2.45) is 0 Å². The first-order chi connectivity index (χ1) is 17.2. The second kappa shape index (κ2) is 13.0. The van der Waals surface area contributed by atoms with Gasteiger partial charge in [-0.2, -0.15) is 0 Å². The Bertz CT molecular complexity index is 1070. The minimum absolute atomic E-state index is 0.0364. The van der Waals surface area contributed by atoms with Crippen molar-refractivity contribution < 1.29 is 24.1 Å². The highest BCUT2D eigenvalue weighted by molar-refractivity contribution is 7.98. The van der Waals surface area contributed by atoms with Crippen LogP contribution in [0, 0.1) is 0 Å². The van der Waals surface area contributed by atoms with Gasteiger partial charge in [-0.25, -0.2) is 0 Å². The number of aldehydes is 1. The summed E-state index contributed by atoms with van der Waals surface area (Å²) in [6.45, 7) is 1.36. The topological polar surface area (TPSA) is 65.0 Å². The smallest absolute Gasteiger partial charge is 0.151 e. The third-order valence-electron chi connectivity index (χ3n) is 6.24. The summed E-state index contributed by atoms with van der Waals surface area (Å²) in [6, 6.07) is 23.9. The molecule has 35 heavy (non-hydrogen) atoms. The maximum atomic E-state index is 11.7. The van der Waals surface area contributed by atoms with Gasteiger partial charge in [0.2, 0.25) is 0 Å². The van der Waals surface area contributed by atoms with Crippen LogP contribution < -0.4 is 0 Å². The zero-order valence-corrected chi connectivity index (χ0v) is 20.8. The molecule has 0 aromatic heterocycles. The lowest BCUT2D eigenvalue weighted by Crippen LogP contribution is -2.36. The van der Waals surface area contributed by atoms with Crippen molar-refractivity contribution in [3.63, 3.8) is 0 Å². The molecule has 1 N–H and O–H groups in total. The van der Waals surface area contributed by atoms with E-state index < -0.39 is 0 Å². The molecule has 0 spiro atoms. The van der Waals surface area contributed by atoms with Gasteiger partial charge in [0.05, 0.1) is 44.7 Å². The number of hydrogen-bond acceptors (Lipinski definition) is 6. The Labute approximate surface area is 211 Å². The van der Waals surface area contributed by atoms with Crippen molar-refractivity contribution in [2.75, 3.05) is 12.9 Å². The standard InChI is InChI=1S/C29H32O5S/c1-35-29-13-23(16-30)27(12-24(29)17-31)28-15-25(33-19-22-10-6-3-7-11-22)14-26(34-28)20-32-18-21-8-4-2-5-9-21/h2-13,17,25-26,28,30H,14-16,18-20H2,1H3. The molecule has 0 radical (unpaired) electrons. The van der Waals surface area contributed by atoms with Gasteiger partial charge in [0.1, 0.15) is 0 Å². The number of carbonyl (C=O) groups is 1. The van der Waals surface area contributed by atoms with E-state index in [9.17, 15) is 9.90 Å². The van der Waals surface area contributed by atoms with Crippen molar-refractivity contribution >= 4 is 18.0 Å². The van der Waals surface area contributed by atoms with Crippen LogP contribution in [0.4, 0.5) is 0 Å². The number of thioether (sulfide) groups is 1. The van der Waals surface area contributed by atoms with Crippen LogP contribution >= 0.6 is 11.8 Å². The number of ether oxygens (including phenoxy) is 3. The van der Waals surface area contributed by atoms with E-state index >= 15 is 0 Å². The van der Waals surface area contributed by atoms with E-state index in [1.54, 1.807) is 0 Å². The van der Waals surface area contributed by atoms with Crippen molar-refractivity contribution in [3.8, 4) is 0 Å². The monoisotopic (exact) mass is 492 g/mol. The quantitative estimate of drug-likeness (QED) is 0.272. The Morgan fingerprint density at radius 3 is 2.31 bits per heavy atom. The van der Waals surface area contributed by atoms with Gasteiger partial charge in [-0.15, -0.1) is 11.8 Å². The average molecular weight is 493 g/mol. The van der Waals surface area contributed by atoms with E-state index in [1.165, 1.54) is 11.8 Å². The van der Waals surface area contributed by atoms with Gasteiger partial charge in [0, 0.05) is 23.3 Å². The summed E-state index contributed by atoms with van der Waals surface area (Å²) >= 11 is 1.49. The molecule has 0 bridgehead atoms. The molecule has 4 rings (SSSR count). The first kappa shape index (κ1) is 25.6. The van der Waals surface area contributed by atoms with Crippen LogP contribution in [0.2, 0.25) is 0 Å². The Balaban J connectivity index is 1.51. The number of aliphatic hydroxyl groups is 1. The zero-order chi connectivity index (χ0) is 24.5. The van der Waals surface area contributed by atoms with E-state index in [4.69, 9.17) is 14.2 Å². The number of benzene rings is 3. The lowest BCUT2D eigenvalue weighted by atomic mass is 9.92. The second-order valence-electron chi connectivity index (χ2n) is 8.71. The van der Waals surface area contributed by atoms with Crippen LogP contribution in [0.1, 0.15) is 51.6 Å². The van der Waals surface area contributed by atoms with Gasteiger partial charge in [-0.05, 0) is 40.6 Å². The third-order valence-corrected chi connectivity index (χ3v) is 7.03.